The number of amides is 6. The summed E-state index contributed by atoms with van der Waals surface area (Å²) in [5, 5.41) is 20.2. The Hall–Kier alpha value is -4.73. The summed E-state index contributed by atoms with van der Waals surface area (Å²) in [6, 6.07) is 2.50. The molecule has 1 saturated carbocycles. The number of nitrogens with zero attached hydrogens (tertiary/aromatic N) is 3. The van der Waals surface area contributed by atoms with E-state index in [-0.39, 0.29) is 72.7 Å². The number of nitrogens with one attached hydrogen (secondary N) is 3. The van der Waals surface area contributed by atoms with Crippen molar-refractivity contribution in [1.29, 1.82) is 0 Å². The number of halogens is 1. The molecule has 3 saturated heterocycles. The maximum atomic E-state index is 14.4. The highest BCUT2D eigenvalue weighted by Gasteiger charge is 2.64. The molecule has 19 nitrogen and oxygen atoms in total. The quantitative estimate of drug-likeness (QED) is 0.0783. The molecule has 4 fully saturated rings. The SMILES string of the molecule is CNCCCSC1CC(=O)N(CCC(=O)NCC2CCC(C(=O)N(C)[C@H](C)C(=O)O[C@H]3CC(=O)N(C)c4cc(cc(OC)c4Cl)C/C(C)=C/C=C/[C@@H](OC)[C@@]4(O)C[C@H](OC(=O)N4)[C@@H](C)[C@@H]4O[C@@]34C)CC2)C1=O. The molecule has 21 heteroatoms. The molecule has 0 radical (unpaired) electrons. The summed E-state index contributed by atoms with van der Waals surface area (Å²) >= 11 is 8.31. The number of ether oxygens (including phenoxy) is 5. The van der Waals surface area contributed by atoms with E-state index in [1.807, 2.05) is 20.0 Å². The molecule has 72 heavy (non-hydrogen) atoms. The number of epoxide rings is 1. The summed E-state index contributed by atoms with van der Waals surface area (Å²) in [6.45, 7) is 8.24. The number of carbonyl (C=O) groups excluding carboxylic acids is 7. The van der Waals surface area contributed by atoms with Gasteiger partial charge in [-0.15, -0.1) is 11.8 Å². The molecule has 5 aliphatic rings. The predicted molar refractivity (Wildman–Crippen MR) is 270 cm³/mol. The van der Waals surface area contributed by atoms with Crippen molar-refractivity contribution in [2.24, 2.45) is 17.8 Å². The van der Waals surface area contributed by atoms with Crippen molar-refractivity contribution in [3.63, 3.8) is 0 Å². The highest BCUT2D eigenvalue weighted by molar-refractivity contribution is 8.00. The van der Waals surface area contributed by atoms with Crippen molar-refractivity contribution in [3.05, 3.63) is 46.5 Å². The van der Waals surface area contributed by atoms with Gasteiger partial charge in [0.2, 0.25) is 29.5 Å². The van der Waals surface area contributed by atoms with Gasteiger partial charge in [0.15, 0.2) is 5.72 Å². The molecule has 0 spiro atoms. The van der Waals surface area contributed by atoms with Gasteiger partial charge in [0, 0.05) is 65.4 Å². The van der Waals surface area contributed by atoms with Crippen LogP contribution in [0, 0.1) is 17.8 Å². The van der Waals surface area contributed by atoms with Crippen LogP contribution in [-0.2, 0) is 54.1 Å². The smallest absolute Gasteiger partial charge is 0.409 e. The maximum absolute atomic E-state index is 14.4. The van der Waals surface area contributed by atoms with Crippen LogP contribution in [0.4, 0.5) is 10.5 Å². The number of thioether (sulfide) groups is 1. The first-order valence-corrected chi connectivity index (χ1v) is 26.3. The third-order valence-electron chi connectivity index (χ3n) is 14.9. The van der Waals surface area contributed by atoms with Crippen molar-refractivity contribution < 1.29 is 62.4 Å². The maximum Gasteiger partial charge on any atom is 0.409 e. The monoisotopic (exact) mass is 1040 g/mol. The molecule has 4 N–H and O–H groups in total. The number of hydrogen-bond donors (Lipinski definition) is 4. The zero-order chi connectivity index (χ0) is 52.7. The van der Waals surface area contributed by atoms with Gasteiger partial charge in [-0.1, -0.05) is 42.3 Å². The molecule has 398 valence electrons. The summed E-state index contributed by atoms with van der Waals surface area (Å²) in [5.41, 5.74) is -1.08. The van der Waals surface area contributed by atoms with Gasteiger partial charge in [-0.25, -0.2) is 9.59 Å². The van der Waals surface area contributed by atoms with Crippen LogP contribution in [0.5, 0.6) is 5.75 Å². The van der Waals surface area contributed by atoms with Gasteiger partial charge in [0.1, 0.15) is 40.7 Å². The zero-order valence-electron chi connectivity index (χ0n) is 43.0. The summed E-state index contributed by atoms with van der Waals surface area (Å²) in [7, 11) is 7.88. The molecule has 1 aliphatic carbocycles. The normalized spacial score (nSPS) is 31.6. The van der Waals surface area contributed by atoms with Crippen molar-refractivity contribution >= 4 is 70.6 Å². The van der Waals surface area contributed by atoms with Crippen molar-refractivity contribution in [1.82, 2.24) is 25.8 Å². The molecule has 6 amide bonds. The fourth-order valence-electron chi connectivity index (χ4n) is 10.1. The highest BCUT2D eigenvalue weighted by Crippen LogP contribution is 2.49. The Balaban J connectivity index is 1.10. The Morgan fingerprint density at radius 3 is 2.50 bits per heavy atom. The number of esters is 1. The van der Waals surface area contributed by atoms with Crippen LogP contribution in [0.3, 0.4) is 0 Å². The van der Waals surface area contributed by atoms with E-state index < -0.39 is 70.9 Å². The van der Waals surface area contributed by atoms with E-state index >= 15 is 0 Å². The Bertz CT molecular complexity index is 2260. The molecule has 6 rings (SSSR count). The molecule has 4 bridgehead atoms. The molecule has 1 aromatic carbocycles. The van der Waals surface area contributed by atoms with E-state index in [2.05, 4.69) is 16.0 Å². The zero-order valence-corrected chi connectivity index (χ0v) is 44.5. The van der Waals surface area contributed by atoms with Crippen LogP contribution < -0.4 is 25.6 Å². The lowest BCUT2D eigenvalue weighted by Gasteiger charge is -2.42. The van der Waals surface area contributed by atoms with Crippen LogP contribution in [0.2, 0.25) is 5.02 Å². The van der Waals surface area contributed by atoms with Gasteiger partial charge >= 0.3 is 12.1 Å². The van der Waals surface area contributed by atoms with Crippen LogP contribution in [-0.4, -0.2) is 164 Å². The van der Waals surface area contributed by atoms with Crippen LogP contribution >= 0.6 is 23.4 Å². The minimum Gasteiger partial charge on any atom is -0.495 e. The van der Waals surface area contributed by atoms with Crippen molar-refractivity contribution in [3.8, 4) is 5.75 Å². The summed E-state index contributed by atoms with van der Waals surface area (Å²) < 4.78 is 29.6. The van der Waals surface area contributed by atoms with E-state index in [0.717, 1.165) is 29.9 Å². The summed E-state index contributed by atoms with van der Waals surface area (Å²) in [6.07, 6.45) is 4.04. The van der Waals surface area contributed by atoms with Gasteiger partial charge < -0.3 is 49.2 Å². The lowest BCUT2D eigenvalue weighted by molar-refractivity contribution is -0.163. The first-order valence-electron chi connectivity index (χ1n) is 24.9. The fourth-order valence-corrected chi connectivity index (χ4v) is 11.6. The second-order valence-corrected chi connectivity index (χ2v) is 21.7. The van der Waals surface area contributed by atoms with Gasteiger partial charge in [0.05, 0.1) is 30.6 Å². The average Bonchev–Trinajstić information content (AvgIpc) is 3.97. The third kappa shape index (κ3) is 13.3. The summed E-state index contributed by atoms with van der Waals surface area (Å²) in [5.74, 6) is -1.94. The molecule has 4 heterocycles. The molecular weight excluding hydrogens is 972 g/mol. The van der Waals surface area contributed by atoms with Gasteiger partial charge in [-0.3, -0.25) is 34.2 Å². The first kappa shape index (κ1) is 56.6. The molecule has 1 aromatic rings. The number of likely N-dealkylation sites (tertiary alicyclic amines) is 1. The first-order chi connectivity index (χ1) is 34.1. The third-order valence-corrected chi connectivity index (χ3v) is 16.6. The molecule has 4 aliphatic heterocycles. The van der Waals surface area contributed by atoms with Crippen LogP contribution in [0.15, 0.2) is 35.9 Å². The number of alkyl carbamates (subject to hydrolysis) is 1. The minimum absolute atomic E-state index is 0.0123. The predicted octanol–water partition coefficient (Wildman–Crippen LogP) is 4.30. The van der Waals surface area contributed by atoms with Crippen LogP contribution in [0.1, 0.15) is 91.0 Å². The average molecular weight is 1050 g/mol. The lowest BCUT2D eigenvalue weighted by Crippen LogP contribution is -2.63. The highest BCUT2D eigenvalue weighted by atomic mass is 35.5. The molecule has 1 unspecified atom stereocenters. The largest absolute Gasteiger partial charge is 0.495 e. The van der Waals surface area contributed by atoms with Gasteiger partial charge in [-0.2, -0.15) is 0 Å². The second kappa shape index (κ2) is 24.5. The number of hydrogen-bond acceptors (Lipinski definition) is 15. The molecular formula is C51H73ClN6O13S. The Morgan fingerprint density at radius 1 is 1.10 bits per heavy atom. The Kier molecular flexibility index (Phi) is 19.3. The number of fused-ring (bicyclic) bond motifs is 5. The Morgan fingerprint density at radius 2 is 1.82 bits per heavy atom. The number of likely N-dealkylation sites (N-methyl/N-ethyl adjacent to an activating group) is 1. The topological polar surface area (TPSA) is 235 Å². The van der Waals surface area contributed by atoms with E-state index in [1.165, 1.54) is 40.7 Å². The van der Waals surface area contributed by atoms with E-state index in [0.29, 0.717) is 50.1 Å². The number of anilines is 1. The Labute approximate surface area is 431 Å². The minimum atomic E-state index is -1.86. The number of methoxy groups -OCH3 is 2. The van der Waals surface area contributed by atoms with Crippen molar-refractivity contribution in [2.45, 2.75) is 139 Å². The van der Waals surface area contributed by atoms with Gasteiger partial charge in [-0.05, 0) is 102 Å². The summed E-state index contributed by atoms with van der Waals surface area (Å²) in [4.78, 5) is 97.7. The van der Waals surface area contributed by atoms with E-state index in [9.17, 15) is 38.7 Å². The number of allylic oxidation sites excluding steroid dienone is 3. The van der Waals surface area contributed by atoms with Crippen LogP contribution in [0.25, 0.3) is 0 Å². The number of imide groups is 1. The second-order valence-electron chi connectivity index (χ2n) is 20.0. The number of carbonyl (C=O) groups is 7. The van der Waals surface area contributed by atoms with Crippen molar-refractivity contribution in [2.75, 3.05) is 65.6 Å². The van der Waals surface area contributed by atoms with E-state index in [4.69, 9.17) is 35.3 Å². The molecule has 9 atom stereocenters. The van der Waals surface area contributed by atoms with Gasteiger partial charge in [0.25, 0.3) is 0 Å². The molecule has 0 aromatic heterocycles. The van der Waals surface area contributed by atoms with E-state index in [1.54, 1.807) is 59.2 Å². The number of aliphatic hydroxyl groups is 1. The lowest BCUT2D eigenvalue weighted by atomic mass is 9.81. The fraction of sp³-hybridized carbons (Fsp3) is 0.667. The number of benzene rings is 1. The standard InChI is InChI=1S/C51H73ClN6O13S/c1-29-12-10-13-39(68-9)51(66)27-37(69-49(65)55-51)30(2)45-50(4,71-45)40(26-42(60)57(7)35-23-33(22-29)24-36(67-8)44(35)52)70-48(64)31(3)56(6)46(62)34-16-14-32(15-17-34)28-54-41(59)18-20-58-43(61)25-38(47(58)63)72-21-11-19-53-5/h10,12-13,23-24,30-32,34,37-40,45,53,66H,11,14-22,25-28H2,1-9H3,(H,54,59)(H,55,65)/b13-10+,29-12+/t30-,31-,32?,34?,37+,38?,39-,40+,45+,50+,51+/m1/s1. The number of rotatable bonds is 16.